The maximum atomic E-state index is 10.9. The number of hydrogen-bond acceptors (Lipinski definition) is 5. The Morgan fingerprint density at radius 2 is 2.16 bits per heavy atom. The fraction of sp³-hybridized carbons (Fsp3) is 0. The number of nitro benzene ring substituents is 1. The monoisotopic (exact) mass is 275 g/mol. The second-order valence-corrected chi connectivity index (χ2v) is 3.84. The lowest BCUT2D eigenvalue weighted by Gasteiger charge is -2.05. The van der Waals surface area contributed by atoms with E-state index in [9.17, 15) is 10.1 Å². The zero-order chi connectivity index (χ0) is 13.8. The number of benzene rings is 1. The highest BCUT2D eigenvalue weighted by Crippen LogP contribution is 2.31. The fourth-order valence-electron chi connectivity index (χ4n) is 1.38. The van der Waals surface area contributed by atoms with Crippen molar-refractivity contribution in [1.82, 2.24) is 4.98 Å². The first-order valence-corrected chi connectivity index (χ1v) is 5.47. The third kappa shape index (κ3) is 2.97. The van der Waals surface area contributed by atoms with Crippen molar-refractivity contribution in [3.63, 3.8) is 0 Å². The summed E-state index contributed by atoms with van der Waals surface area (Å²) in [6, 6.07) is 10.4. The molecular weight excluding hydrogens is 270 g/mol. The van der Waals surface area contributed by atoms with Gasteiger partial charge in [-0.1, -0.05) is 17.7 Å². The lowest BCUT2D eigenvalue weighted by molar-refractivity contribution is -0.385. The molecule has 0 atom stereocenters. The van der Waals surface area contributed by atoms with Crippen LogP contribution in [0.2, 0.25) is 5.15 Å². The zero-order valence-corrected chi connectivity index (χ0v) is 10.2. The third-order valence-electron chi connectivity index (χ3n) is 2.19. The number of halogens is 1. The molecule has 94 valence electrons. The first kappa shape index (κ1) is 12.8. The molecule has 2 rings (SSSR count). The molecule has 0 aliphatic rings. The van der Waals surface area contributed by atoms with Gasteiger partial charge in [0.25, 0.3) is 0 Å². The molecule has 0 unspecified atom stereocenters. The van der Waals surface area contributed by atoms with Gasteiger partial charge in [-0.05, 0) is 18.2 Å². The average Bonchev–Trinajstić information content (AvgIpc) is 2.39. The lowest BCUT2D eigenvalue weighted by Crippen LogP contribution is -1.95. The molecule has 0 radical (unpaired) electrons. The molecule has 6 nitrogen and oxygen atoms in total. The summed E-state index contributed by atoms with van der Waals surface area (Å²) in [6.07, 6.45) is 0. The second kappa shape index (κ2) is 5.33. The molecule has 0 N–H and O–H groups in total. The van der Waals surface area contributed by atoms with Gasteiger partial charge in [0.15, 0.2) is 0 Å². The largest absolute Gasteiger partial charge is 0.432 e. The van der Waals surface area contributed by atoms with Gasteiger partial charge < -0.3 is 4.74 Å². The van der Waals surface area contributed by atoms with Crippen LogP contribution in [0.3, 0.4) is 0 Å². The smallest absolute Gasteiger partial charge is 0.312 e. The highest BCUT2D eigenvalue weighted by Gasteiger charge is 2.17. The molecule has 19 heavy (non-hydrogen) atoms. The predicted octanol–water partition coefficient (Wildman–Crippen LogP) is 3.31. The molecule has 7 heteroatoms. The van der Waals surface area contributed by atoms with Gasteiger partial charge in [0.1, 0.15) is 5.15 Å². The molecule has 0 amide bonds. The van der Waals surface area contributed by atoms with E-state index in [1.807, 2.05) is 6.07 Å². The van der Waals surface area contributed by atoms with E-state index in [0.29, 0.717) is 0 Å². The van der Waals surface area contributed by atoms with Crippen molar-refractivity contribution in [2.45, 2.75) is 0 Å². The number of pyridine rings is 1. The summed E-state index contributed by atoms with van der Waals surface area (Å²) in [5, 5.41) is 19.9. The average molecular weight is 276 g/mol. The van der Waals surface area contributed by atoms with Crippen molar-refractivity contribution in [1.29, 1.82) is 5.26 Å². The minimum Gasteiger partial charge on any atom is -0.432 e. The van der Waals surface area contributed by atoms with Crippen molar-refractivity contribution >= 4 is 17.3 Å². The summed E-state index contributed by atoms with van der Waals surface area (Å²) in [5.74, 6) is 0.138. The number of aromatic nitrogens is 1. The van der Waals surface area contributed by atoms with Crippen LogP contribution in [-0.2, 0) is 0 Å². The SMILES string of the molecule is N#Cc1ccc(Oc2cccc(Cl)n2)c([N+](=O)[O-])c1. The molecular formula is C12H6ClN3O3. The maximum absolute atomic E-state index is 10.9. The van der Waals surface area contributed by atoms with Crippen LogP contribution in [0.5, 0.6) is 11.6 Å². The Hall–Kier alpha value is -2.65. The lowest BCUT2D eigenvalue weighted by atomic mass is 10.2. The van der Waals surface area contributed by atoms with Gasteiger partial charge in [-0.3, -0.25) is 10.1 Å². The van der Waals surface area contributed by atoms with Crippen molar-refractivity contribution in [3.05, 3.63) is 57.2 Å². The number of nitriles is 1. The normalized spacial score (nSPS) is 9.68. The second-order valence-electron chi connectivity index (χ2n) is 3.45. The molecule has 0 saturated heterocycles. The van der Waals surface area contributed by atoms with Crippen LogP contribution in [0.15, 0.2) is 36.4 Å². The molecule has 0 bridgehead atoms. The van der Waals surface area contributed by atoms with Gasteiger partial charge in [0.05, 0.1) is 16.6 Å². The van der Waals surface area contributed by atoms with E-state index in [-0.39, 0.29) is 28.0 Å². The molecule has 0 aliphatic carbocycles. The van der Waals surface area contributed by atoms with Crippen LogP contribution in [-0.4, -0.2) is 9.91 Å². The number of nitro groups is 1. The molecule has 0 aliphatic heterocycles. The molecule has 1 heterocycles. The molecule has 1 aromatic carbocycles. The summed E-state index contributed by atoms with van der Waals surface area (Å²) in [5.41, 5.74) is -0.126. The van der Waals surface area contributed by atoms with Crippen LogP contribution in [0.4, 0.5) is 5.69 Å². The standard InChI is InChI=1S/C12H6ClN3O3/c13-11-2-1-3-12(15-11)19-10-5-4-8(7-14)6-9(10)16(17)18/h1-6H. The summed E-state index contributed by atoms with van der Waals surface area (Å²) < 4.78 is 5.30. The van der Waals surface area contributed by atoms with Crippen LogP contribution in [0.1, 0.15) is 5.56 Å². The number of ether oxygens (including phenoxy) is 1. The van der Waals surface area contributed by atoms with Crippen LogP contribution in [0, 0.1) is 21.4 Å². The first-order chi connectivity index (χ1) is 9.10. The Balaban J connectivity index is 2.40. The topological polar surface area (TPSA) is 89.0 Å². The fourth-order valence-corrected chi connectivity index (χ4v) is 1.53. The molecule has 0 saturated carbocycles. The molecule has 0 fully saturated rings. The maximum Gasteiger partial charge on any atom is 0.312 e. The highest BCUT2D eigenvalue weighted by molar-refractivity contribution is 6.29. The number of nitrogens with zero attached hydrogens (tertiary/aromatic N) is 3. The quantitative estimate of drug-likeness (QED) is 0.487. The van der Waals surface area contributed by atoms with Crippen LogP contribution in [0.25, 0.3) is 0 Å². The van der Waals surface area contributed by atoms with E-state index in [1.54, 1.807) is 12.1 Å². The van der Waals surface area contributed by atoms with E-state index in [1.165, 1.54) is 18.2 Å². The summed E-state index contributed by atoms with van der Waals surface area (Å²) in [7, 11) is 0. The van der Waals surface area contributed by atoms with Crippen LogP contribution < -0.4 is 4.74 Å². The predicted molar refractivity (Wildman–Crippen MR) is 67.1 cm³/mol. The minimum atomic E-state index is -0.624. The third-order valence-corrected chi connectivity index (χ3v) is 2.40. The zero-order valence-electron chi connectivity index (χ0n) is 9.41. The Morgan fingerprint density at radius 3 is 2.79 bits per heavy atom. The van der Waals surface area contributed by atoms with E-state index < -0.39 is 4.92 Å². The first-order valence-electron chi connectivity index (χ1n) is 5.09. The van der Waals surface area contributed by atoms with Gasteiger partial charge >= 0.3 is 5.69 Å². The number of rotatable bonds is 3. The van der Waals surface area contributed by atoms with Gasteiger partial charge in [-0.2, -0.15) is 5.26 Å². The Kier molecular flexibility index (Phi) is 3.59. The van der Waals surface area contributed by atoms with Gasteiger partial charge in [-0.15, -0.1) is 0 Å². The van der Waals surface area contributed by atoms with E-state index in [4.69, 9.17) is 21.6 Å². The minimum absolute atomic E-state index is 0.00114. The van der Waals surface area contributed by atoms with Crippen molar-refractivity contribution < 1.29 is 9.66 Å². The molecule has 1 aromatic heterocycles. The summed E-state index contributed by atoms with van der Waals surface area (Å²) in [4.78, 5) is 14.2. The van der Waals surface area contributed by atoms with Gasteiger partial charge in [0, 0.05) is 12.1 Å². The van der Waals surface area contributed by atoms with Crippen molar-refractivity contribution in [2.24, 2.45) is 0 Å². The Labute approximate surface area is 113 Å². The Morgan fingerprint density at radius 1 is 1.37 bits per heavy atom. The molecule has 0 spiro atoms. The van der Waals surface area contributed by atoms with E-state index >= 15 is 0 Å². The molecule has 2 aromatic rings. The van der Waals surface area contributed by atoms with Gasteiger partial charge in [0.2, 0.25) is 11.6 Å². The van der Waals surface area contributed by atoms with E-state index in [0.717, 1.165) is 6.07 Å². The number of hydrogen-bond donors (Lipinski definition) is 0. The highest BCUT2D eigenvalue weighted by atomic mass is 35.5. The summed E-state index contributed by atoms with van der Waals surface area (Å²) >= 11 is 5.69. The van der Waals surface area contributed by atoms with Crippen LogP contribution >= 0.6 is 11.6 Å². The van der Waals surface area contributed by atoms with E-state index in [2.05, 4.69) is 4.98 Å². The van der Waals surface area contributed by atoms with Crippen molar-refractivity contribution in [2.75, 3.05) is 0 Å². The Bertz CT molecular complexity index is 682. The van der Waals surface area contributed by atoms with Crippen molar-refractivity contribution in [3.8, 4) is 17.7 Å². The van der Waals surface area contributed by atoms with Gasteiger partial charge in [-0.25, -0.2) is 4.98 Å². The summed E-state index contributed by atoms with van der Waals surface area (Å²) in [6.45, 7) is 0.